The molecule has 1 heterocycles. The molecule has 0 aromatic heterocycles. The summed E-state index contributed by atoms with van der Waals surface area (Å²) >= 11 is 0. The maximum absolute atomic E-state index is 12.1. The van der Waals surface area contributed by atoms with Crippen molar-refractivity contribution in [1.82, 2.24) is 4.90 Å². The molecule has 1 amide bonds. The molecule has 0 bridgehead atoms. The van der Waals surface area contributed by atoms with Gasteiger partial charge in [0, 0.05) is 25.6 Å². The summed E-state index contributed by atoms with van der Waals surface area (Å²) in [6.45, 7) is 4.19. The van der Waals surface area contributed by atoms with Crippen molar-refractivity contribution in [3.8, 4) is 0 Å². The van der Waals surface area contributed by atoms with E-state index < -0.39 is 0 Å². The number of carbonyl (C=O) groups excluding carboxylic acids is 1. The smallest absolute Gasteiger partial charge is 0.222 e. The van der Waals surface area contributed by atoms with Crippen LogP contribution in [0.3, 0.4) is 0 Å². The van der Waals surface area contributed by atoms with Crippen LogP contribution in [0, 0.1) is 11.8 Å². The van der Waals surface area contributed by atoms with Crippen molar-refractivity contribution in [1.29, 1.82) is 0 Å². The largest absolute Gasteiger partial charge is 0.343 e. The number of hydrogen-bond acceptors (Lipinski definition) is 2. The van der Waals surface area contributed by atoms with Crippen molar-refractivity contribution in [3.63, 3.8) is 0 Å². The van der Waals surface area contributed by atoms with Crippen LogP contribution >= 0.6 is 0 Å². The molecule has 0 spiro atoms. The minimum atomic E-state index is 0.271. The number of likely N-dealkylation sites (tertiary alicyclic amines) is 1. The summed E-state index contributed by atoms with van der Waals surface area (Å²) < 4.78 is 0. The lowest BCUT2D eigenvalue weighted by Crippen LogP contribution is -2.40. The molecule has 0 radical (unpaired) electrons. The van der Waals surface area contributed by atoms with Crippen LogP contribution in [0.1, 0.15) is 45.4 Å². The van der Waals surface area contributed by atoms with E-state index in [1.54, 1.807) is 0 Å². The third kappa shape index (κ3) is 2.76. The highest BCUT2D eigenvalue weighted by atomic mass is 16.2. The van der Waals surface area contributed by atoms with Gasteiger partial charge < -0.3 is 10.6 Å². The van der Waals surface area contributed by atoms with E-state index in [9.17, 15) is 4.79 Å². The number of rotatable bonds is 2. The normalized spacial score (nSPS) is 32.0. The fourth-order valence-electron chi connectivity index (χ4n) is 2.93. The van der Waals surface area contributed by atoms with Gasteiger partial charge in [0.25, 0.3) is 0 Å². The predicted molar refractivity (Wildman–Crippen MR) is 64.9 cm³/mol. The number of carbonyl (C=O) groups is 1. The number of piperidine rings is 1. The standard InChI is InChI=1S/C13H24N2O/c1-10-5-7-15(8-6-10)13(16)9-11-3-2-4-12(11)14/h10-12H,2-9,14H2,1H3/t11-,12+/m0/s1. The number of amides is 1. The molecule has 1 saturated heterocycles. The van der Waals surface area contributed by atoms with Crippen LogP contribution in [0.4, 0.5) is 0 Å². The van der Waals surface area contributed by atoms with Gasteiger partial charge >= 0.3 is 0 Å². The van der Waals surface area contributed by atoms with Crippen molar-refractivity contribution in [2.45, 2.75) is 51.5 Å². The third-order valence-corrected chi connectivity index (χ3v) is 4.29. The minimum Gasteiger partial charge on any atom is -0.343 e. The van der Waals surface area contributed by atoms with Gasteiger partial charge in [0.1, 0.15) is 0 Å². The van der Waals surface area contributed by atoms with Crippen molar-refractivity contribution in [2.24, 2.45) is 17.6 Å². The first-order chi connectivity index (χ1) is 7.66. The molecule has 3 nitrogen and oxygen atoms in total. The summed E-state index contributed by atoms with van der Waals surface area (Å²) in [6, 6.07) is 0.271. The first-order valence-corrected chi connectivity index (χ1v) is 6.70. The molecule has 1 aliphatic heterocycles. The molecular formula is C13H24N2O. The molecule has 2 aliphatic rings. The Kier molecular flexibility index (Phi) is 3.85. The molecule has 0 aromatic carbocycles. The molecule has 1 aliphatic carbocycles. The average molecular weight is 224 g/mol. The fourth-order valence-corrected chi connectivity index (χ4v) is 2.93. The van der Waals surface area contributed by atoms with Gasteiger partial charge in [-0.1, -0.05) is 13.3 Å². The number of nitrogens with zero attached hydrogens (tertiary/aromatic N) is 1. The average Bonchev–Trinajstić information content (AvgIpc) is 2.65. The summed E-state index contributed by atoms with van der Waals surface area (Å²) in [5, 5.41) is 0. The Labute approximate surface area is 98.4 Å². The van der Waals surface area contributed by atoms with Crippen LogP contribution in [-0.4, -0.2) is 29.9 Å². The first kappa shape index (κ1) is 11.9. The van der Waals surface area contributed by atoms with Gasteiger partial charge in [-0.15, -0.1) is 0 Å². The topological polar surface area (TPSA) is 46.3 Å². The molecule has 2 atom stereocenters. The molecule has 0 aromatic rings. The van der Waals surface area contributed by atoms with E-state index in [-0.39, 0.29) is 6.04 Å². The molecule has 92 valence electrons. The van der Waals surface area contributed by atoms with Crippen molar-refractivity contribution in [3.05, 3.63) is 0 Å². The van der Waals surface area contributed by atoms with Gasteiger partial charge in [0.15, 0.2) is 0 Å². The fraction of sp³-hybridized carbons (Fsp3) is 0.923. The Morgan fingerprint density at radius 2 is 1.94 bits per heavy atom. The molecule has 3 heteroatoms. The Hall–Kier alpha value is -0.570. The second-order valence-electron chi connectivity index (χ2n) is 5.62. The lowest BCUT2D eigenvalue weighted by Gasteiger charge is -2.31. The van der Waals surface area contributed by atoms with E-state index in [1.165, 1.54) is 19.3 Å². The van der Waals surface area contributed by atoms with Crippen molar-refractivity contribution in [2.75, 3.05) is 13.1 Å². The highest BCUT2D eigenvalue weighted by Gasteiger charge is 2.28. The van der Waals surface area contributed by atoms with Crippen LogP contribution < -0.4 is 5.73 Å². The van der Waals surface area contributed by atoms with E-state index in [1.807, 2.05) is 4.90 Å². The van der Waals surface area contributed by atoms with Gasteiger partial charge in [0.05, 0.1) is 0 Å². The maximum Gasteiger partial charge on any atom is 0.222 e. The van der Waals surface area contributed by atoms with E-state index in [2.05, 4.69) is 6.92 Å². The molecule has 2 rings (SSSR count). The molecule has 0 unspecified atom stereocenters. The quantitative estimate of drug-likeness (QED) is 0.777. The predicted octanol–water partition coefficient (Wildman–Crippen LogP) is 1.76. The summed E-state index contributed by atoms with van der Waals surface area (Å²) in [7, 11) is 0. The van der Waals surface area contributed by atoms with Crippen LogP contribution in [0.2, 0.25) is 0 Å². The van der Waals surface area contributed by atoms with Gasteiger partial charge in [-0.2, -0.15) is 0 Å². The van der Waals surface area contributed by atoms with Crippen molar-refractivity contribution < 1.29 is 4.79 Å². The molecule has 2 fully saturated rings. The van der Waals surface area contributed by atoms with Crippen molar-refractivity contribution >= 4 is 5.91 Å². The maximum atomic E-state index is 12.1. The van der Waals surface area contributed by atoms with Crippen LogP contribution in [0.5, 0.6) is 0 Å². The highest BCUT2D eigenvalue weighted by molar-refractivity contribution is 5.76. The van der Waals surface area contributed by atoms with Crippen LogP contribution in [0.25, 0.3) is 0 Å². The summed E-state index contributed by atoms with van der Waals surface area (Å²) in [4.78, 5) is 14.1. The summed E-state index contributed by atoms with van der Waals surface area (Å²) in [5.41, 5.74) is 6.01. The Morgan fingerprint density at radius 3 is 2.50 bits per heavy atom. The lowest BCUT2D eigenvalue weighted by molar-refractivity contribution is -0.133. The highest BCUT2D eigenvalue weighted by Crippen LogP contribution is 2.28. The number of nitrogens with two attached hydrogens (primary N) is 1. The van der Waals surface area contributed by atoms with E-state index in [4.69, 9.17) is 5.73 Å². The van der Waals surface area contributed by atoms with E-state index >= 15 is 0 Å². The third-order valence-electron chi connectivity index (χ3n) is 4.29. The Bertz CT molecular complexity index is 246. The van der Waals surface area contributed by atoms with Gasteiger partial charge in [-0.25, -0.2) is 0 Å². The molecule has 16 heavy (non-hydrogen) atoms. The zero-order chi connectivity index (χ0) is 11.5. The van der Waals surface area contributed by atoms with Gasteiger partial charge in [-0.3, -0.25) is 4.79 Å². The summed E-state index contributed by atoms with van der Waals surface area (Å²) in [6.07, 6.45) is 6.49. The monoisotopic (exact) mass is 224 g/mol. The minimum absolute atomic E-state index is 0.271. The van der Waals surface area contributed by atoms with E-state index in [0.717, 1.165) is 31.8 Å². The molecule has 1 saturated carbocycles. The lowest BCUT2D eigenvalue weighted by atomic mass is 9.96. The van der Waals surface area contributed by atoms with Crippen LogP contribution in [0.15, 0.2) is 0 Å². The zero-order valence-corrected chi connectivity index (χ0v) is 10.3. The van der Waals surface area contributed by atoms with E-state index in [0.29, 0.717) is 18.2 Å². The molecule has 2 N–H and O–H groups in total. The SMILES string of the molecule is CC1CCN(C(=O)C[C@@H]2CCC[C@H]2N)CC1. The summed E-state index contributed by atoms with van der Waals surface area (Å²) in [5.74, 6) is 1.58. The van der Waals surface area contributed by atoms with Gasteiger partial charge in [-0.05, 0) is 37.5 Å². The second-order valence-corrected chi connectivity index (χ2v) is 5.62. The molecular weight excluding hydrogens is 200 g/mol. The Balaban J connectivity index is 1.79. The van der Waals surface area contributed by atoms with Gasteiger partial charge in [0.2, 0.25) is 5.91 Å². The first-order valence-electron chi connectivity index (χ1n) is 6.70. The van der Waals surface area contributed by atoms with Crippen LogP contribution in [-0.2, 0) is 4.79 Å². The number of hydrogen-bond donors (Lipinski definition) is 1. The zero-order valence-electron chi connectivity index (χ0n) is 10.3. The second kappa shape index (κ2) is 5.17. The Morgan fingerprint density at radius 1 is 1.25 bits per heavy atom.